The van der Waals surface area contributed by atoms with Gasteiger partial charge < -0.3 is 4.74 Å². The van der Waals surface area contributed by atoms with Gasteiger partial charge in [-0.2, -0.15) is 0 Å². The van der Waals surface area contributed by atoms with Crippen molar-refractivity contribution in [2.24, 2.45) is 0 Å². The molecule has 5 heteroatoms. The van der Waals surface area contributed by atoms with Gasteiger partial charge in [-0.1, -0.05) is 48.0 Å². The smallest absolute Gasteiger partial charge is 0.334 e. The Hall–Kier alpha value is -2.40. The number of carbonyl (C=O) groups excluding carboxylic acids is 1. The molecule has 120 valence electrons. The highest BCUT2D eigenvalue weighted by molar-refractivity contribution is 7.91. The lowest BCUT2D eigenvalue weighted by Gasteiger charge is -2.08. The van der Waals surface area contributed by atoms with Gasteiger partial charge in [0.2, 0.25) is 0 Å². The van der Waals surface area contributed by atoms with Crippen molar-refractivity contribution in [3.05, 3.63) is 71.3 Å². The van der Waals surface area contributed by atoms with Crippen molar-refractivity contribution in [2.45, 2.75) is 11.8 Å². The lowest BCUT2D eigenvalue weighted by Crippen LogP contribution is -2.16. The molecule has 0 saturated heterocycles. The summed E-state index contributed by atoms with van der Waals surface area (Å²) in [7, 11) is -2.38. The van der Waals surface area contributed by atoms with E-state index in [1.807, 2.05) is 25.1 Å². The molecule has 2 aromatic carbocycles. The van der Waals surface area contributed by atoms with E-state index in [9.17, 15) is 13.2 Å². The van der Waals surface area contributed by atoms with Crippen molar-refractivity contribution in [1.29, 1.82) is 0 Å². The molecule has 2 rings (SSSR count). The molecule has 0 atom stereocenters. The Morgan fingerprint density at radius 2 is 1.65 bits per heavy atom. The fourth-order valence-electron chi connectivity index (χ4n) is 2.07. The SMILES string of the molecule is COC(=O)C(=Cc1ccccc1)CS(=O)(=O)c1ccc(C)cc1. The van der Waals surface area contributed by atoms with Crippen LogP contribution < -0.4 is 0 Å². The second-order valence-electron chi connectivity index (χ2n) is 5.14. The Morgan fingerprint density at radius 1 is 1.04 bits per heavy atom. The zero-order valence-corrected chi connectivity index (χ0v) is 13.8. The first-order valence-electron chi connectivity index (χ1n) is 7.06. The van der Waals surface area contributed by atoms with Gasteiger partial charge in [-0.25, -0.2) is 13.2 Å². The Morgan fingerprint density at radius 3 is 2.22 bits per heavy atom. The first-order valence-corrected chi connectivity index (χ1v) is 8.71. The molecule has 0 fully saturated rings. The van der Waals surface area contributed by atoms with Crippen molar-refractivity contribution < 1.29 is 17.9 Å². The average molecular weight is 330 g/mol. The van der Waals surface area contributed by atoms with Gasteiger partial charge >= 0.3 is 5.97 Å². The minimum atomic E-state index is -3.62. The Labute approximate surface area is 136 Å². The molecule has 0 heterocycles. The zero-order valence-electron chi connectivity index (χ0n) is 13.0. The second kappa shape index (κ2) is 7.24. The van der Waals surface area contributed by atoms with Crippen LogP contribution in [0.15, 0.2) is 65.1 Å². The normalized spacial score (nSPS) is 12.0. The van der Waals surface area contributed by atoms with E-state index in [0.29, 0.717) is 0 Å². The predicted molar refractivity (Wildman–Crippen MR) is 89.7 cm³/mol. The number of hydrogen-bond donors (Lipinski definition) is 0. The van der Waals surface area contributed by atoms with Gasteiger partial charge in [0, 0.05) is 0 Å². The molecule has 0 aliphatic rings. The van der Waals surface area contributed by atoms with Crippen LogP contribution in [0.5, 0.6) is 0 Å². The molecular formula is C18H18O4S. The van der Waals surface area contributed by atoms with Crippen LogP contribution in [0, 0.1) is 6.92 Å². The van der Waals surface area contributed by atoms with Crippen LogP contribution in [0.2, 0.25) is 0 Å². The third-order valence-corrected chi connectivity index (χ3v) is 5.00. The number of aryl methyl sites for hydroxylation is 1. The summed E-state index contributed by atoms with van der Waals surface area (Å²) in [5, 5.41) is 0. The van der Waals surface area contributed by atoms with Crippen LogP contribution in [0.3, 0.4) is 0 Å². The van der Waals surface area contributed by atoms with E-state index in [1.165, 1.54) is 13.2 Å². The van der Waals surface area contributed by atoms with E-state index in [2.05, 4.69) is 0 Å². The molecule has 0 aromatic heterocycles. The fraction of sp³-hybridized carbons (Fsp3) is 0.167. The minimum absolute atomic E-state index is 0.0966. The topological polar surface area (TPSA) is 60.4 Å². The zero-order chi connectivity index (χ0) is 16.9. The fourth-order valence-corrected chi connectivity index (χ4v) is 3.40. The molecule has 0 amide bonds. The maximum absolute atomic E-state index is 12.5. The summed E-state index contributed by atoms with van der Waals surface area (Å²) in [6.45, 7) is 1.88. The number of carbonyl (C=O) groups is 1. The number of rotatable bonds is 5. The van der Waals surface area contributed by atoms with E-state index in [4.69, 9.17) is 4.74 Å². The molecule has 0 N–H and O–H groups in total. The number of methoxy groups -OCH3 is 1. The molecule has 23 heavy (non-hydrogen) atoms. The van der Waals surface area contributed by atoms with Crippen LogP contribution in [0.25, 0.3) is 6.08 Å². The Balaban J connectivity index is 2.36. The summed E-state index contributed by atoms with van der Waals surface area (Å²) in [5.74, 6) is -1.05. The van der Waals surface area contributed by atoms with Crippen molar-refractivity contribution in [1.82, 2.24) is 0 Å². The first-order chi connectivity index (χ1) is 10.9. The Kier molecular flexibility index (Phi) is 5.34. The van der Waals surface area contributed by atoms with E-state index in [-0.39, 0.29) is 10.5 Å². The summed E-state index contributed by atoms with van der Waals surface area (Å²) in [6, 6.07) is 15.6. The van der Waals surface area contributed by atoms with Gasteiger partial charge in [0.05, 0.1) is 23.3 Å². The maximum Gasteiger partial charge on any atom is 0.334 e. The van der Waals surface area contributed by atoms with Crippen molar-refractivity contribution in [3.8, 4) is 0 Å². The van der Waals surface area contributed by atoms with Gasteiger partial charge in [-0.3, -0.25) is 0 Å². The van der Waals surface area contributed by atoms with Gasteiger partial charge in [-0.05, 0) is 30.7 Å². The van der Waals surface area contributed by atoms with E-state index in [1.54, 1.807) is 36.4 Å². The van der Waals surface area contributed by atoms with Crippen molar-refractivity contribution >= 4 is 21.9 Å². The number of ether oxygens (including phenoxy) is 1. The molecule has 0 aliphatic carbocycles. The van der Waals surface area contributed by atoms with Gasteiger partial charge in [0.1, 0.15) is 0 Å². The quantitative estimate of drug-likeness (QED) is 0.624. The lowest BCUT2D eigenvalue weighted by atomic mass is 10.1. The monoisotopic (exact) mass is 330 g/mol. The highest BCUT2D eigenvalue weighted by Crippen LogP contribution is 2.17. The van der Waals surface area contributed by atoms with Gasteiger partial charge in [0.15, 0.2) is 9.84 Å². The summed E-state index contributed by atoms with van der Waals surface area (Å²) in [5.41, 5.74) is 1.81. The van der Waals surface area contributed by atoms with E-state index >= 15 is 0 Å². The standard InChI is InChI=1S/C18H18O4S/c1-14-8-10-17(11-9-14)23(20,21)13-16(18(19)22-2)12-15-6-4-3-5-7-15/h3-12H,13H2,1-2H3. The highest BCUT2D eigenvalue weighted by atomic mass is 32.2. The van der Waals surface area contributed by atoms with E-state index in [0.717, 1.165) is 11.1 Å². The number of hydrogen-bond acceptors (Lipinski definition) is 4. The summed E-state index contributed by atoms with van der Waals surface area (Å²) < 4.78 is 29.7. The third-order valence-electron chi connectivity index (χ3n) is 3.31. The van der Waals surface area contributed by atoms with Crippen LogP contribution >= 0.6 is 0 Å². The first kappa shape index (κ1) is 17.0. The van der Waals surface area contributed by atoms with Crippen LogP contribution in [-0.4, -0.2) is 27.2 Å². The molecule has 0 radical (unpaired) electrons. The minimum Gasteiger partial charge on any atom is -0.466 e. The highest BCUT2D eigenvalue weighted by Gasteiger charge is 2.21. The summed E-state index contributed by atoms with van der Waals surface area (Å²) in [4.78, 5) is 12.1. The molecule has 0 aliphatic heterocycles. The maximum atomic E-state index is 12.5. The summed E-state index contributed by atoms with van der Waals surface area (Å²) in [6.07, 6.45) is 1.54. The molecule has 0 unspecified atom stereocenters. The van der Waals surface area contributed by atoms with Gasteiger partial charge in [-0.15, -0.1) is 0 Å². The number of benzene rings is 2. The molecule has 2 aromatic rings. The second-order valence-corrected chi connectivity index (χ2v) is 7.13. The molecule has 0 saturated carbocycles. The molecular weight excluding hydrogens is 312 g/mol. The van der Waals surface area contributed by atoms with Crippen molar-refractivity contribution in [2.75, 3.05) is 12.9 Å². The largest absolute Gasteiger partial charge is 0.466 e. The van der Waals surface area contributed by atoms with Crippen LogP contribution in [0.1, 0.15) is 11.1 Å². The van der Waals surface area contributed by atoms with Crippen LogP contribution in [0.4, 0.5) is 0 Å². The molecule has 4 nitrogen and oxygen atoms in total. The van der Waals surface area contributed by atoms with Crippen LogP contribution in [-0.2, 0) is 19.4 Å². The number of sulfone groups is 1. The average Bonchev–Trinajstić information content (AvgIpc) is 2.54. The third kappa shape index (κ3) is 4.53. The van der Waals surface area contributed by atoms with E-state index < -0.39 is 21.6 Å². The predicted octanol–water partition coefficient (Wildman–Crippen LogP) is 3.03. The Bertz CT molecular complexity index is 804. The van der Waals surface area contributed by atoms with Crippen molar-refractivity contribution in [3.63, 3.8) is 0 Å². The summed E-state index contributed by atoms with van der Waals surface area (Å²) >= 11 is 0. The number of esters is 1. The van der Waals surface area contributed by atoms with Gasteiger partial charge in [0.25, 0.3) is 0 Å². The molecule has 0 spiro atoms. The lowest BCUT2D eigenvalue weighted by molar-refractivity contribution is -0.135. The molecule has 0 bridgehead atoms.